The maximum atomic E-state index is 13.1. The monoisotopic (exact) mass is 256 g/mol. The second kappa shape index (κ2) is 4.76. The van der Waals surface area contributed by atoms with Crippen LogP contribution in [-0.2, 0) is 6.61 Å². The van der Waals surface area contributed by atoms with Gasteiger partial charge in [-0.2, -0.15) is 0 Å². The standard InChI is InChI=1S/C16H13FO2/c1-11-4-2-7-15-16(11)12(10-19-15)9-18-14-6-3-5-13(17)8-14/h2-8,10H,9H2,1H3. The summed E-state index contributed by atoms with van der Waals surface area (Å²) in [5.41, 5.74) is 2.96. The van der Waals surface area contributed by atoms with Gasteiger partial charge >= 0.3 is 0 Å². The Kier molecular flexibility index (Phi) is 2.95. The SMILES string of the molecule is Cc1cccc2occ(COc3cccc(F)c3)c12. The van der Waals surface area contributed by atoms with Gasteiger partial charge in [0.25, 0.3) is 0 Å². The normalized spacial score (nSPS) is 10.8. The fourth-order valence-electron chi connectivity index (χ4n) is 2.17. The molecular weight excluding hydrogens is 243 g/mol. The van der Waals surface area contributed by atoms with E-state index in [-0.39, 0.29) is 5.82 Å². The van der Waals surface area contributed by atoms with Crippen LogP contribution >= 0.6 is 0 Å². The Morgan fingerprint density at radius 2 is 2.00 bits per heavy atom. The molecule has 96 valence electrons. The van der Waals surface area contributed by atoms with Crippen LogP contribution in [0.25, 0.3) is 11.0 Å². The number of benzene rings is 2. The van der Waals surface area contributed by atoms with Crippen LogP contribution in [0.4, 0.5) is 4.39 Å². The van der Waals surface area contributed by atoms with Gasteiger partial charge in [-0.1, -0.05) is 18.2 Å². The highest BCUT2D eigenvalue weighted by Crippen LogP contribution is 2.25. The molecule has 2 aromatic carbocycles. The zero-order chi connectivity index (χ0) is 13.2. The summed E-state index contributed by atoms with van der Waals surface area (Å²) in [6.07, 6.45) is 1.69. The zero-order valence-corrected chi connectivity index (χ0v) is 10.5. The first kappa shape index (κ1) is 11.8. The van der Waals surface area contributed by atoms with E-state index in [9.17, 15) is 4.39 Å². The van der Waals surface area contributed by atoms with Gasteiger partial charge in [-0.3, -0.25) is 0 Å². The molecule has 3 aromatic rings. The van der Waals surface area contributed by atoms with Crippen LogP contribution in [0, 0.1) is 12.7 Å². The van der Waals surface area contributed by atoms with Gasteiger partial charge < -0.3 is 9.15 Å². The largest absolute Gasteiger partial charge is 0.489 e. The summed E-state index contributed by atoms with van der Waals surface area (Å²) in [5, 5.41) is 1.07. The second-order valence-corrected chi connectivity index (χ2v) is 4.46. The van der Waals surface area contributed by atoms with Crippen molar-refractivity contribution in [1.82, 2.24) is 0 Å². The van der Waals surface area contributed by atoms with E-state index in [1.807, 2.05) is 25.1 Å². The molecule has 0 unspecified atom stereocenters. The number of hydrogen-bond donors (Lipinski definition) is 0. The maximum absolute atomic E-state index is 13.1. The van der Waals surface area contributed by atoms with Crippen LogP contribution < -0.4 is 4.74 Å². The van der Waals surface area contributed by atoms with Gasteiger partial charge in [0, 0.05) is 17.0 Å². The Balaban J connectivity index is 1.86. The molecule has 0 aliphatic rings. The molecule has 0 bridgehead atoms. The van der Waals surface area contributed by atoms with E-state index in [1.54, 1.807) is 18.4 Å². The highest BCUT2D eigenvalue weighted by Gasteiger charge is 2.08. The van der Waals surface area contributed by atoms with Gasteiger partial charge in [-0.25, -0.2) is 4.39 Å². The van der Waals surface area contributed by atoms with Gasteiger partial charge in [0.1, 0.15) is 23.8 Å². The molecule has 19 heavy (non-hydrogen) atoms. The van der Waals surface area contributed by atoms with Crippen LogP contribution in [0.1, 0.15) is 11.1 Å². The Bertz CT molecular complexity index is 716. The van der Waals surface area contributed by atoms with Crippen molar-refractivity contribution in [1.29, 1.82) is 0 Å². The first-order valence-corrected chi connectivity index (χ1v) is 6.08. The van der Waals surface area contributed by atoms with Gasteiger partial charge in [-0.05, 0) is 30.7 Å². The van der Waals surface area contributed by atoms with E-state index in [2.05, 4.69) is 0 Å². The van der Waals surface area contributed by atoms with E-state index in [1.165, 1.54) is 12.1 Å². The third-order valence-corrected chi connectivity index (χ3v) is 3.07. The lowest BCUT2D eigenvalue weighted by atomic mass is 10.1. The number of furan rings is 1. The van der Waals surface area contributed by atoms with Crippen molar-refractivity contribution in [3.63, 3.8) is 0 Å². The van der Waals surface area contributed by atoms with Crippen LogP contribution in [-0.4, -0.2) is 0 Å². The molecule has 0 aliphatic carbocycles. The Labute approximate surface area is 110 Å². The van der Waals surface area contributed by atoms with Crippen molar-refractivity contribution in [2.24, 2.45) is 0 Å². The number of fused-ring (bicyclic) bond motifs is 1. The van der Waals surface area contributed by atoms with Crippen LogP contribution in [0.15, 0.2) is 53.1 Å². The van der Waals surface area contributed by atoms with Crippen molar-refractivity contribution in [2.45, 2.75) is 13.5 Å². The molecule has 1 heterocycles. The summed E-state index contributed by atoms with van der Waals surface area (Å²) in [6, 6.07) is 12.0. The predicted molar refractivity (Wildman–Crippen MR) is 71.7 cm³/mol. The van der Waals surface area contributed by atoms with E-state index in [0.717, 1.165) is 22.1 Å². The maximum Gasteiger partial charge on any atom is 0.134 e. The molecule has 0 atom stereocenters. The molecule has 3 rings (SSSR count). The van der Waals surface area contributed by atoms with Crippen LogP contribution in [0.5, 0.6) is 5.75 Å². The summed E-state index contributed by atoms with van der Waals surface area (Å²) in [5.74, 6) is 0.216. The number of halogens is 1. The molecule has 0 spiro atoms. The van der Waals surface area contributed by atoms with E-state index < -0.39 is 0 Å². The van der Waals surface area contributed by atoms with Crippen molar-refractivity contribution < 1.29 is 13.5 Å². The molecule has 0 N–H and O–H groups in total. The van der Waals surface area contributed by atoms with Crippen molar-refractivity contribution in [2.75, 3.05) is 0 Å². The Morgan fingerprint density at radius 3 is 2.84 bits per heavy atom. The summed E-state index contributed by atoms with van der Waals surface area (Å²) >= 11 is 0. The summed E-state index contributed by atoms with van der Waals surface area (Å²) in [6.45, 7) is 2.39. The lowest BCUT2D eigenvalue weighted by Gasteiger charge is -2.05. The summed E-state index contributed by atoms with van der Waals surface area (Å²) in [7, 11) is 0. The Hall–Kier alpha value is -2.29. The van der Waals surface area contributed by atoms with E-state index >= 15 is 0 Å². The first-order chi connectivity index (χ1) is 9.24. The van der Waals surface area contributed by atoms with Crippen molar-refractivity contribution in [3.05, 3.63) is 65.7 Å². The third-order valence-electron chi connectivity index (χ3n) is 3.07. The topological polar surface area (TPSA) is 22.4 Å². The molecule has 2 nitrogen and oxygen atoms in total. The summed E-state index contributed by atoms with van der Waals surface area (Å²) in [4.78, 5) is 0. The average Bonchev–Trinajstić information content (AvgIpc) is 2.81. The molecular formula is C16H13FO2. The molecule has 0 saturated carbocycles. The number of rotatable bonds is 3. The summed E-state index contributed by atoms with van der Waals surface area (Å²) < 4.78 is 24.1. The number of ether oxygens (including phenoxy) is 1. The number of aryl methyl sites for hydroxylation is 1. The highest BCUT2D eigenvalue weighted by molar-refractivity contribution is 5.84. The molecule has 1 aromatic heterocycles. The molecule has 0 radical (unpaired) electrons. The molecule has 0 fully saturated rings. The van der Waals surface area contributed by atoms with Gasteiger partial charge in [0.05, 0.1) is 6.26 Å². The smallest absolute Gasteiger partial charge is 0.134 e. The van der Waals surface area contributed by atoms with E-state index in [4.69, 9.17) is 9.15 Å². The number of hydrogen-bond acceptors (Lipinski definition) is 2. The second-order valence-electron chi connectivity index (χ2n) is 4.46. The van der Waals surface area contributed by atoms with Crippen molar-refractivity contribution >= 4 is 11.0 Å². The zero-order valence-electron chi connectivity index (χ0n) is 10.5. The lowest BCUT2D eigenvalue weighted by Crippen LogP contribution is -1.95. The van der Waals surface area contributed by atoms with Crippen LogP contribution in [0.3, 0.4) is 0 Å². The Morgan fingerprint density at radius 1 is 1.16 bits per heavy atom. The van der Waals surface area contributed by atoms with Crippen LogP contribution in [0.2, 0.25) is 0 Å². The molecule has 3 heteroatoms. The third kappa shape index (κ3) is 2.32. The molecule has 0 saturated heterocycles. The molecule has 0 aliphatic heterocycles. The fraction of sp³-hybridized carbons (Fsp3) is 0.125. The fourth-order valence-corrected chi connectivity index (χ4v) is 2.17. The minimum Gasteiger partial charge on any atom is -0.489 e. The quantitative estimate of drug-likeness (QED) is 0.690. The van der Waals surface area contributed by atoms with Gasteiger partial charge in [0.2, 0.25) is 0 Å². The van der Waals surface area contributed by atoms with Crippen molar-refractivity contribution in [3.8, 4) is 5.75 Å². The molecule has 0 amide bonds. The van der Waals surface area contributed by atoms with Gasteiger partial charge in [0.15, 0.2) is 0 Å². The predicted octanol–water partition coefficient (Wildman–Crippen LogP) is 4.46. The first-order valence-electron chi connectivity index (χ1n) is 6.08. The minimum absolute atomic E-state index is 0.300. The van der Waals surface area contributed by atoms with E-state index in [0.29, 0.717) is 12.4 Å². The highest BCUT2D eigenvalue weighted by atomic mass is 19.1. The van der Waals surface area contributed by atoms with Gasteiger partial charge in [-0.15, -0.1) is 0 Å². The average molecular weight is 256 g/mol. The minimum atomic E-state index is -0.300. The lowest BCUT2D eigenvalue weighted by molar-refractivity contribution is 0.304.